The molecule has 1 saturated heterocycles. The summed E-state index contributed by atoms with van der Waals surface area (Å²) in [5.41, 5.74) is 4.53. The number of carbonyl (C=O) groups is 2. The van der Waals surface area contributed by atoms with E-state index >= 15 is 0 Å². The third kappa shape index (κ3) is 3.59. The van der Waals surface area contributed by atoms with E-state index in [-0.39, 0.29) is 11.3 Å². The van der Waals surface area contributed by atoms with Gasteiger partial charge in [-0.1, -0.05) is 60.9 Å². The summed E-state index contributed by atoms with van der Waals surface area (Å²) in [6, 6.07) is 13.0. The van der Waals surface area contributed by atoms with E-state index in [1.165, 1.54) is 0 Å². The van der Waals surface area contributed by atoms with Gasteiger partial charge in [-0.25, -0.2) is 0 Å². The summed E-state index contributed by atoms with van der Waals surface area (Å²) in [5.74, 6) is -1.24. The average Bonchev–Trinajstić information content (AvgIpc) is 2.92. The van der Waals surface area contributed by atoms with Crippen LogP contribution in [0.2, 0.25) is 0 Å². The van der Waals surface area contributed by atoms with E-state index in [9.17, 15) is 14.7 Å². The van der Waals surface area contributed by atoms with Crippen LogP contribution < -0.4 is 0 Å². The topological polar surface area (TPSA) is 57.6 Å². The lowest BCUT2D eigenvalue weighted by Gasteiger charge is -2.25. The average molecular weight is 377 g/mol. The number of aryl methyl sites for hydroxylation is 3. The Kier molecular flexibility index (Phi) is 5.68. The monoisotopic (exact) mass is 377 g/mol. The summed E-state index contributed by atoms with van der Waals surface area (Å²) in [7, 11) is 0. The molecule has 1 N–H and O–H groups in total. The molecule has 1 atom stereocenters. The fraction of sp³-hybridized carbons (Fsp3) is 0.333. The van der Waals surface area contributed by atoms with Gasteiger partial charge in [-0.15, -0.1) is 0 Å². The van der Waals surface area contributed by atoms with Crippen LogP contribution in [0.4, 0.5) is 0 Å². The van der Waals surface area contributed by atoms with E-state index in [1.54, 1.807) is 4.90 Å². The van der Waals surface area contributed by atoms with Crippen LogP contribution in [0.1, 0.15) is 53.6 Å². The van der Waals surface area contributed by atoms with Crippen molar-refractivity contribution in [2.75, 3.05) is 6.54 Å². The SMILES string of the molecule is CCCCN1C(=O)C(=O)/C(=C(/O)c2cc(C)ccc2C)C1c1cccc(C)c1. The maximum absolute atomic E-state index is 12.9. The lowest BCUT2D eigenvalue weighted by Crippen LogP contribution is -2.30. The van der Waals surface area contributed by atoms with Gasteiger partial charge in [-0.3, -0.25) is 9.59 Å². The van der Waals surface area contributed by atoms with Crippen molar-refractivity contribution in [2.45, 2.75) is 46.6 Å². The van der Waals surface area contributed by atoms with Crippen molar-refractivity contribution >= 4 is 17.4 Å². The molecule has 1 heterocycles. The largest absolute Gasteiger partial charge is 0.507 e. The second kappa shape index (κ2) is 8.01. The molecule has 146 valence electrons. The van der Waals surface area contributed by atoms with Crippen LogP contribution in [0.3, 0.4) is 0 Å². The number of benzene rings is 2. The van der Waals surface area contributed by atoms with Gasteiger partial charge < -0.3 is 10.0 Å². The molecule has 0 saturated carbocycles. The fourth-order valence-electron chi connectivity index (χ4n) is 3.76. The van der Waals surface area contributed by atoms with Crippen LogP contribution in [-0.2, 0) is 9.59 Å². The standard InChI is InChI=1S/C24H27NO3/c1-5-6-12-25-21(18-9-7-8-15(2)13-18)20(23(27)24(25)28)22(26)19-14-16(3)10-11-17(19)4/h7-11,13-14,21,26H,5-6,12H2,1-4H3/b22-20+. The van der Waals surface area contributed by atoms with Gasteiger partial charge in [0.05, 0.1) is 11.6 Å². The van der Waals surface area contributed by atoms with E-state index in [1.807, 2.05) is 70.2 Å². The van der Waals surface area contributed by atoms with E-state index in [0.717, 1.165) is 35.1 Å². The zero-order valence-electron chi connectivity index (χ0n) is 17.0. The normalized spacial score (nSPS) is 18.7. The van der Waals surface area contributed by atoms with Crippen LogP contribution in [0.15, 0.2) is 48.0 Å². The predicted molar refractivity (Wildman–Crippen MR) is 111 cm³/mol. The molecule has 0 aromatic heterocycles. The molecule has 0 aliphatic carbocycles. The molecular formula is C24H27NO3. The van der Waals surface area contributed by atoms with E-state index < -0.39 is 17.7 Å². The Balaban J connectivity index is 2.22. The van der Waals surface area contributed by atoms with Gasteiger partial charge in [-0.05, 0) is 44.4 Å². The third-order valence-corrected chi connectivity index (χ3v) is 5.30. The highest BCUT2D eigenvalue weighted by Gasteiger charge is 2.45. The summed E-state index contributed by atoms with van der Waals surface area (Å²) in [4.78, 5) is 27.4. The number of ketones is 1. The zero-order valence-corrected chi connectivity index (χ0v) is 17.0. The minimum atomic E-state index is -0.610. The van der Waals surface area contributed by atoms with E-state index in [0.29, 0.717) is 12.1 Å². The number of rotatable bonds is 5. The Morgan fingerprint density at radius 3 is 2.43 bits per heavy atom. The number of aliphatic hydroxyl groups is 1. The van der Waals surface area contributed by atoms with Crippen LogP contribution in [0, 0.1) is 20.8 Å². The molecule has 4 nitrogen and oxygen atoms in total. The molecule has 1 fully saturated rings. The Morgan fingerprint density at radius 2 is 1.75 bits per heavy atom. The van der Waals surface area contributed by atoms with Crippen molar-refractivity contribution in [1.29, 1.82) is 0 Å². The van der Waals surface area contributed by atoms with Gasteiger partial charge >= 0.3 is 0 Å². The summed E-state index contributed by atoms with van der Waals surface area (Å²) in [5, 5.41) is 11.1. The van der Waals surface area contributed by atoms with Crippen molar-refractivity contribution < 1.29 is 14.7 Å². The van der Waals surface area contributed by atoms with Crippen molar-refractivity contribution in [3.8, 4) is 0 Å². The maximum Gasteiger partial charge on any atom is 0.295 e. The van der Waals surface area contributed by atoms with Crippen LogP contribution in [0.25, 0.3) is 5.76 Å². The minimum absolute atomic E-state index is 0.0925. The van der Waals surface area contributed by atoms with Gasteiger partial charge in [0.15, 0.2) is 0 Å². The van der Waals surface area contributed by atoms with E-state index in [4.69, 9.17) is 0 Å². The molecule has 4 heteroatoms. The molecule has 2 aromatic carbocycles. The number of hydrogen-bond acceptors (Lipinski definition) is 3. The number of carbonyl (C=O) groups excluding carboxylic acids is 2. The Morgan fingerprint density at radius 1 is 1.04 bits per heavy atom. The molecule has 28 heavy (non-hydrogen) atoms. The molecule has 1 amide bonds. The van der Waals surface area contributed by atoms with Gasteiger partial charge in [-0.2, -0.15) is 0 Å². The molecular weight excluding hydrogens is 350 g/mol. The smallest absolute Gasteiger partial charge is 0.295 e. The third-order valence-electron chi connectivity index (χ3n) is 5.30. The molecule has 0 spiro atoms. The molecule has 0 bridgehead atoms. The van der Waals surface area contributed by atoms with E-state index in [2.05, 4.69) is 0 Å². The highest BCUT2D eigenvalue weighted by atomic mass is 16.3. The number of hydrogen-bond donors (Lipinski definition) is 1. The Hall–Kier alpha value is -2.88. The number of likely N-dealkylation sites (tertiary alicyclic amines) is 1. The number of aliphatic hydroxyl groups excluding tert-OH is 1. The fourth-order valence-corrected chi connectivity index (χ4v) is 3.76. The van der Waals surface area contributed by atoms with Gasteiger partial charge in [0.2, 0.25) is 0 Å². The summed E-state index contributed by atoms with van der Waals surface area (Å²) in [6.07, 6.45) is 1.72. The first-order chi connectivity index (χ1) is 13.3. The summed E-state index contributed by atoms with van der Waals surface area (Å²) < 4.78 is 0. The van der Waals surface area contributed by atoms with Gasteiger partial charge in [0, 0.05) is 12.1 Å². The first-order valence-electron chi connectivity index (χ1n) is 9.77. The first kappa shape index (κ1) is 19.9. The number of Topliss-reactive ketones (excluding diaryl/α,β-unsaturated/α-hetero) is 1. The lowest BCUT2D eigenvalue weighted by atomic mass is 9.92. The molecule has 1 aliphatic heterocycles. The number of amides is 1. The molecule has 0 radical (unpaired) electrons. The lowest BCUT2D eigenvalue weighted by molar-refractivity contribution is -0.139. The Labute approximate surface area is 166 Å². The quantitative estimate of drug-likeness (QED) is 0.461. The van der Waals surface area contributed by atoms with Gasteiger partial charge in [0.1, 0.15) is 5.76 Å². The molecule has 1 unspecified atom stereocenters. The van der Waals surface area contributed by atoms with Crippen LogP contribution >= 0.6 is 0 Å². The first-order valence-corrected chi connectivity index (χ1v) is 9.77. The molecule has 2 aromatic rings. The van der Waals surface area contributed by atoms with Crippen LogP contribution in [-0.4, -0.2) is 28.2 Å². The number of unbranched alkanes of at least 4 members (excludes halogenated alkanes) is 1. The minimum Gasteiger partial charge on any atom is -0.507 e. The van der Waals surface area contributed by atoms with Crippen molar-refractivity contribution in [3.05, 3.63) is 75.9 Å². The highest BCUT2D eigenvalue weighted by Crippen LogP contribution is 2.40. The highest BCUT2D eigenvalue weighted by molar-refractivity contribution is 6.46. The van der Waals surface area contributed by atoms with Crippen LogP contribution in [0.5, 0.6) is 0 Å². The van der Waals surface area contributed by atoms with Crippen molar-refractivity contribution in [3.63, 3.8) is 0 Å². The zero-order chi connectivity index (χ0) is 20.4. The second-order valence-electron chi connectivity index (χ2n) is 7.58. The summed E-state index contributed by atoms with van der Waals surface area (Å²) in [6.45, 7) is 8.35. The second-order valence-corrected chi connectivity index (χ2v) is 7.58. The maximum atomic E-state index is 12.9. The van der Waals surface area contributed by atoms with Gasteiger partial charge in [0.25, 0.3) is 11.7 Å². The Bertz CT molecular complexity index is 958. The predicted octanol–water partition coefficient (Wildman–Crippen LogP) is 4.83. The number of nitrogens with zero attached hydrogens (tertiary/aromatic N) is 1. The van der Waals surface area contributed by atoms with Crippen molar-refractivity contribution in [2.24, 2.45) is 0 Å². The molecule has 3 rings (SSSR count). The summed E-state index contributed by atoms with van der Waals surface area (Å²) >= 11 is 0. The molecule has 1 aliphatic rings. The van der Waals surface area contributed by atoms with Crippen molar-refractivity contribution in [1.82, 2.24) is 4.90 Å².